The van der Waals surface area contributed by atoms with Crippen LogP contribution < -0.4 is 5.32 Å². The van der Waals surface area contributed by atoms with Gasteiger partial charge in [-0.3, -0.25) is 9.59 Å². The quantitative estimate of drug-likeness (QED) is 0.710. The summed E-state index contributed by atoms with van der Waals surface area (Å²) in [5.74, 6) is 0.0657. The minimum atomic E-state index is 0.0286. The average Bonchev–Trinajstić information content (AvgIpc) is 2.17. The molecule has 1 aliphatic rings. The Kier molecular flexibility index (Phi) is 2.31. The van der Waals surface area contributed by atoms with Crippen molar-refractivity contribution in [3.8, 4) is 0 Å². The van der Waals surface area contributed by atoms with Crippen LogP contribution in [-0.2, 0) is 11.2 Å². The summed E-state index contributed by atoms with van der Waals surface area (Å²) in [7, 11) is 0. The van der Waals surface area contributed by atoms with E-state index in [9.17, 15) is 9.59 Å². The highest BCUT2D eigenvalue weighted by atomic mass is 16.1. The molecular weight excluding hydrogens is 190 g/mol. The molecule has 78 valence electrons. The normalized spacial score (nSPS) is 14.4. The van der Waals surface area contributed by atoms with Gasteiger partial charge in [-0.25, -0.2) is 0 Å². The van der Waals surface area contributed by atoms with E-state index in [0.717, 1.165) is 23.2 Å². The standard InChI is InChI=1S/C12H13NO2/c1-7-5-9-3-4-12(15)13-11(9)6-10(7)8(2)14/h5-6H,3-4H2,1-2H3,(H,13,15). The molecule has 0 atom stereocenters. The molecule has 15 heavy (non-hydrogen) atoms. The molecule has 0 saturated carbocycles. The number of carbonyl (C=O) groups is 2. The predicted molar refractivity (Wildman–Crippen MR) is 58.1 cm³/mol. The second-order valence-electron chi connectivity index (χ2n) is 3.93. The van der Waals surface area contributed by atoms with E-state index in [1.807, 2.05) is 13.0 Å². The van der Waals surface area contributed by atoms with Crippen molar-refractivity contribution in [2.45, 2.75) is 26.7 Å². The number of hydrogen-bond acceptors (Lipinski definition) is 2. The number of nitrogens with one attached hydrogen (secondary N) is 1. The zero-order valence-electron chi connectivity index (χ0n) is 8.89. The summed E-state index contributed by atoms with van der Waals surface area (Å²) in [6.45, 7) is 3.47. The highest BCUT2D eigenvalue weighted by molar-refractivity contribution is 5.99. The monoisotopic (exact) mass is 203 g/mol. The first-order valence-corrected chi connectivity index (χ1v) is 5.02. The Balaban J connectivity index is 2.51. The van der Waals surface area contributed by atoms with Crippen molar-refractivity contribution in [2.24, 2.45) is 0 Å². The summed E-state index contributed by atoms with van der Waals surface area (Å²) in [5.41, 5.74) is 3.59. The fourth-order valence-corrected chi connectivity index (χ4v) is 1.93. The molecule has 0 aromatic heterocycles. The third-order valence-corrected chi connectivity index (χ3v) is 2.72. The molecule has 1 aromatic rings. The number of aryl methyl sites for hydroxylation is 2. The van der Waals surface area contributed by atoms with Gasteiger partial charge >= 0.3 is 0 Å². The van der Waals surface area contributed by atoms with Gasteiger partial charge in [0.1, 0.15) is 0 Å². The maximum Gasteiger partial charge on any atom is 0.224 e. The Labute approximate surface area is 88.5 Å². The first-order chi connectivity index (χ1) is 7.08. The van der Waals surface area contributed by atoms with Crippen LogP contribution in [-0.4, -0.2) is 11.7 Å². The number of anilines is 1. The van der Waals surface area contributed by atoms with Gasteiger partial charge in [-0.05, 0) is 37.5 Å². The first-order valence-electron chi connectivity index (χ1n) is 5.02. The van der Waals surface area contributed by atoms with E-state index in [4.69, 9.17) is 0 Å². The van der Waals surface area contributed by atoms with Gasteiger partial charge in [-0.1, -0.05) is 6.07 Å². The Morgan fingerprint density at radius 3 is 2.73 bits per heavy atom. The van der Waals surface area contributed by atoms with Crippen LogP contribution in [0.15, 0.2) is 12.1 Å². The van der Waals surface area contributed by atoms with Crippen LogP contribution >= 0.6 is 0 Å². The third kappa shape index (κ3) is 1.77. The highest BCUT2D eigenvalue weighted by Crippen LogP contribution is 2.26. The van der Waals surface area contributed by atoms with Crippen LogP contribution in [0, 0.1) is 6.92 Å². The molecule has 0 bridgehead atoms. The Hall–Kier alpha value is -1.64. The molecule has 0 fully saturated rings. The summed E-state index contributed by atoms with van der Waals surface area (Å²) < 4.78 is 0. The van der Waals surface area contributed by atoms with Crippen LogP contribution in [0.4, 0.5) is 5.69 Å². The summed E-state index contributed by atoms with van der Waals surface area (Å²) in [6, 6.07) is 3.77. The first kappa shape index (κ1) is 9.90. The topological polar surface area (TPSA) is 46.2 Å². The second kappa shape index (κ2) is 3.50. The second-order valence-corrected chi connectivity index (χ2v) is 3.93. The molecule has 1 aromatic carbocycles. The van der Waals surface area contributed by atoms with Crippen LogP contribution in [0.1, 0.15) is 34.8 Å². The molecule has 1 aliphatic heterocycles. The summed E-state index contributed by atoms with van der Waals surface area (Å²) >= 11 is 0. The molecule has 0 saturated heterocycles. The zero-order chi connectivity index (χ0) is 11.0. The molecule has 2 rings (SSSR count). The number of amides is 1. The van der Waals surface area contributed by atoms with Crippen molar-refractivity contribution in [3.63, 3.8) is 0 Å². The van der Waals surface area contributed by atoms with Crippen molar-refractivity contribution < 1.29 is 9.59 Å². The SMILES string of the molecule is CC(=O)c1cc2c(cc1C)CCC(=O)N2. The van der Waals surface area contributed by atoms with Crippen LogP contribution in [0.3, 0.4) is 0 Å². The molecule has 0 radical (unpaired) electrons. The lowest BCUT2D eigenvalue weighted by Gasteiger charge is -2.18. The van der Waals surface area contributed by atoms with Crippen LogP contribution in [0.2, 0.25) is 0 Å². The summed E-state index contributed by atoms with van der Waals surface area (Å²) in [6.07, 6.45) is 1.30. The minimum Gasteiger partial charge on any atom is -0.326 e. The Morgan fingerprint density at radius 2 is 2.07 bits per heavy atom. The molecule has 1 heterocycles. The number of rotatable bonds is 1. The number of ketones is 1. The Bertz CT molecular complexity index is 449. The van der Waals surface area contributed by atoms with Gasteiger partial charge < -0.3 is 5.32 Å². The number of fused-ring (bicyclic) bond motifs is 1. The van der Waals surface area contributed by atoms with E-state index in [-0.39, 0.29) is 11.7 Å². The molecule has 0 aliphatic carbocycles. The van der Waals surface area contributed by atoms with Crippen molar-refractivity contribution in [2.75, 3.05) is 5.32 Å². The molecular formula is C12H13NO2. The van der Waals surface area contributed by atoms with E-state index >= 15 is 0 Å². The maximum absolute atomic E-state index is 11.3. The lowest BCUT2D eigenvalue weighted by molar-refractivity contribution is -0.116. The fourth-order valence-electron chi connectivity index (χ4n) is 1.93. The van der Waals surface area contributed by atoms with Crippen molar-refractivity contribution in [1.82, 2.24) is 0 Å². The van der Waals surface area contributed by atoms with E-state index in [1.165, 1.54) is 0 Å². The molecule has 1 N–H and O–H groups in total. The van der Waals surface area contributed by atoms with Crippen molar-refractivity contribution in [3.05, 3.63) is 28.8 Å². The molecule has 1 amide bonds. The van der Waals surface area contributed by atoms with E-state index in [1.54, 1.807) is 13.0 Å². The highest BCUT2D eigenvalue weighted by Gasteiger charge is 2.17. The summed E-state index contributed by atoms with van der Waals surface area (Å²) in [4.78, 5) is 22.5. The lowest BCUT2D eigenvalue weighted by atomic mass is 9.96. The van der Waals surface area contributed by atoms with E-state index in [0.29, 0.717) is 12.0 Å². The Morgan fingerprint density at radius 1 is 1.33 bits per heavy atom. The molecule has 0 spiro atoms. The van der Waals surface area contributed by atoms with E-state index < -0.39 is 0 Å². The van der Waals surface area contributed by atoms with Crippen LogP contribution in [0.5, 0.6) is 0 Å². The maximum atomic E-state index is 11.3. The minimum absolute atomic E-state index is 0.0286. The van der Waals surface area contributed by atoms with Crippen LogP contribution in [0.25, 0.3) is 0 Å². The third-order valence-electron chi connectivity index (χ3n) is 2.72. The van der Waals surface area contributed by atoms with Gasteiger partial charge in [0.2, 0.25) is 5.91 Å². The zero-order valence-corrected chi connectivity index (χ0v) is 8.89. The number of carbonyl (C=O) groups excluding carboxylic acids is 2. The lowest BCUT2D eigenvalue weighted by Crippen LogP contribution is -2.19. The molecule has 0 unspecified atom stereocenters. The van der Waals surface area contributed by atoms with Gasteiger partial charge in [-0.15, -0.1) is 0 Å². The largest absolute Gasteiger partial charge is 0.326 e. The predicted octanol–water partition coefficient (Wildman–Crippen LogP) is 2.08. The number of hydrogen-bond donors (Lipinski definition) is 1. The van der Waals surface area contributed by atoms with Crippen molar-refractivity contribution in [1.29, 1.82) is 0 Å². The molecule has 3 nitrogen and oxygen atoms in total. The summed E-state index contributed by atoms with van der Waals surface area (Å²) in [5, 5.41) is 2.79. The fraction of sp³-hybridized carbons (Fsp3) is 0.333. The van der Waals surface area contributed by atoms with Gasteiger partial charge in [0.25, 0.3) is 0 Å². The average molecular weight is 203 g/mol. The smallest absolute Gasteiger partial charge is 0.224 e. The van der Waals surface area contributed by atoms with Gasteiger partial charge in [-0.2, -0.15) is 0 Å². The molecule has 3 heteroatoms. The van der Waals surface area contributed by atoms with Gasteiger partial charge in [0.15, 0.2) is 5.78 Å². The number of benzene rings is 1. The van der Waals surface area contributed by atoms with E-state index in [2.05, 4.69) is 5.32 Å². The van der Waals surface area contributed by atoms with Gasteiger partial charge in [0.05, 0.1) is 0 Å². The van der Waals surface area contributed by atoms with Gasteiger partial charge in [0, 0.05) is 17.7 Å². The number of Topliss-reactive ketones (excluding diaryl/α,β-unsaturated/α-hetero) is 1. The van der Waals surface area contributed by atoms with Crippen molar-refractivity contribution >= 4 is 17.4 Å².